The Morgan fingerprint density at radius 1 is 0.379 bits per heavy atom. The summed E-state index contributed by atoms with van der Waals surface area (Å²) >= 11 is 0. The van der Waals surface area contributed by atoms with Gasteiger partial charge in [0.1, 0.15) is 0 Å². The van der Waals surface area contributed by atoms with Gasteiger partial charge in [-0.15, -0.1) is 0 Å². The van der Waals surface area contributed by atoms with E-state index < -0.39 is 49.9 Å². The minimum absolute atomic E-state index is 0.158. The summed E-state index contributed by atoms with van der Waals surface area (Å²) in [7, 11) is -10.5. The van der Waals surface area contributed by atoms with Gasteiger partial charge in [0, 0.05) is 25.2 Å². The first-order valence-corrected chi connectivity index (χ1v) is 46.4. The van der Waals surface area contributed by atoms with Crippen LogP contribution in [0.2, 0.25) is 115 Å². The molecule has 15 heteroatoms. The average Bonchev–Trinajstić information content (AvgIpc) is 4.12. The highest BCUT2D eigenvalue weighted by atomic mass is 28.4. The summed E-state index contributed by atoms with van der Waals surface area (Å²) in [6.45, 7) is 36.0. The van der Waals surface area contributed by atoms with Crippen molar-refractivity contribution in [1.82, 2.24) is 0 Å². The number of rotatable bonds is 34. The molecular weight excluding hydrogens is 925 g/mol. The average molecular weight is 1030 g/mol. The molecule has 6 aliphatic rings. The molecule has 3 saturated heterocycles. The molecule has 0 spiro atoms. The zero-order chi connectivity index (χ0) is 47.9. The molecule has 3 aliphatic heterocycles. The molecule has 9 atom stereocenters. The van der Waals surface area contributed by atoms with E-state index in [1.165, 1.54) is 95.2 Å². The van der Waals surface area contributed by atoms with Crippen molar-refractivity contribution >= 4 is 49.9 Å². The number of fused-ring (bicyclic) bond motifs is 3. The van der Waals surface area contributed by atoms with Crippen LogP contribution in [-0.2, 0) is 40.8 Å². The molecule has 0 N–H and O–H groups in total. The molecule has 6 fully saturated rings. The SMILES string of the molecule is CCC(COCCC[Si](C)(C)O[Si](C)(C)CCC1CCC2OC2C1)(COCCC[Si](C)(C)O[Si](C)(C)CCC1CCC2OC2C1)COCCC[Si](C)(C)O[Si](C)(C)CCC1CCC2OC2C1. The van der Waals surface area contributed by atoms with Crippen molar-refractivity contribution < 1.29 is 40.8 Å². The molecule has 0 aromatic heterocycles. The molecule has 6 rings (SSSR count). The Labute approximate surface area is 412 Å². The van der Waals surface area contributed by atoms with Crippen LogP contribution in [0.3, 0.4) is 0 Å². The molecule has 0 radical (unpaired) electrons. The summed E-state index contributed by atoms with van der Waals surface area (Å²) in [5.74, 6) is 2.51. The van der Waals surface area contributed by atoms with Gasteiger partial charge in [0.15, 0.2) is 49.9 Å². The van der Waals surface area contributed by atoms with E-state index in [1.807, 2.05) is 0 Å². The van der Waals surface area contributed by atoms with Crippen molar-refractivity contribution in [2.45, 2.75) is 261 Å². The Kier molecular flexibility index (Phi) is 20.7. The van der Waals surface area contributed by atoms with Crippen LogP contribution in [0.4, 0.5) is 0 Å². The van der Waals surface area contributed by atoms with Gasteiger partial charge in [0.25, 0.3) is 0 Å². The van der Waals surface area contributed by atoms with Gasteiger partial charge in [0.05, 0.1) is 56.4 Å². The van der Waals surface area contributed by atoms with E-state index in [-0.39, 0.29) is 5.41 Å². The second kappa shape index (κ2) is 24.3. The van der Waals surface area contributed by atoms with Crippen molar-refractivity contribution in [3.63, 3.8) is 0 Å². The zero-order valence-electron chi connectivity index (χ0n) is 45.2. The Bertz CT molecular complexity index is 1300. The van der Waals surface area contributed by atoms with Gasteiger partial charge in [-0.25, -0.2) is 0 Å². The number of ether oxygens (including phenoxy) is 6. The molecule has 0 aromatic rings. The molecule has 3 aliphatic carbocycles. The van der Waals surface area contributed by atoms with Crippen LogP contribution in [0.25, 0.3) is 0 Å². The summed E-state index contributed by atoms with van der Waals surface area (Å²) in [6.07, 6.45) is 23.3. The molecule has 3 heterocycles. The lowest BCUT2D eigenvalue weighted by atomic mass is 9.88. The number of hydrogen-bond acceptors (Lipinski definition) is 9. The minimum Gasteiger partial charge on any atom is -0.455 e. The Balaban J connectivity index is 0.914. The quantitative estimate of drug-likeness (QED) is 0.0355. The highest BCUT2D eigenvalue weighted by molar-refractivity contribution is 6.86. The number of epoxide rings is 3. The van der Waals surface area contributed by atoms with Crippen molar-refractivity contribution in [3.05, 3.63) is 0 Å². The molecule has 3 saturated carbocycles. The molecule has 9 nitrogen and oxygen atoms in total. The van der Waals surface area contributed by atoms with Crippen LogP contribution in [0.1, 0.15) is 110 Å². The maximum absolute atomic E-state index is 7.09. The predicted octanol–water partition coefficient (Wildman–Crippen LogP) is 13.8. The maximum Gasteiger partial charge on any atom is 0.173 e. The largest absolute Gasteiger partial charge is 0.455 e. The summed E-state index contributed by atoms with van der Waals surface area (Å²) in [4.78, 5) is 0. The second-order valence-corrected chi connectivity index (χ2v) is 53.0. The molecule has 0 aromatic carbocycles. The van der Waals surface area contributed by atoms with Gasteiger partial charge >= 0.3 is 0 Å². The van der Waals surface area contributed by atoms with Crippen molar-refractivity contribution in [3.8, 4) is 0 Å². The summed E-state index contributed by atoms with van der Waals surface area (Å²) in [5, 5.41) is 0. The molecule has 66 heavy (non-hydrogen) atoms. The number of hydrogen-bond donors (Lipinski definition) is 0. The second-order valence-electron chi connectivity index (χ2n) is 26.5. The van der Waals surface area contributed by atoms with Crippen molar-refractivity contribution in [2.75, 3.05) is 39.6 Å². The fourth-order valence-electron chi connectivity index (χ4n) is 12.5. The van der Waals surface area contributed by atoms with Gasteiger partial charge in [-0.3, -0.25) is 0 Å². The van der Waals surface area contributed by atoms with Crippen molar-refractivity contribution in [2.24, 2.45) is 23.2 Å². The van der Waals surface area contributed by atoms with Gasteiger partial charge in [0.2, 0.25) is 0 Å². The third-order valence-corrected chi connectivity index (χ3v) is 39.1. The molecular formula is C51H104O9Si6. The van der Waals surface area contributed by atoms with Crippen LogP contribution in [0, 0.1) is 23.2 Å². The van der Waals surface area contributed by atoms with Crippen LogP contribution in [0.5, 0.6) is 0 Å². The van der Waals surface area contributed by atoms with Crippen LogP contribution < -0.4 is 0 Å². The fourth-order valence-corrected chi connectivity index (χ4v) is 39.2. The highest BCUT2D eigenvalue weighted by Gasteiger charge is 2.47. The molecule has 386 valence electrons. The van der Waals surface area contributed by atoms with Crippen LogP contribution in [-0.4, -0.2) is 126 Å². The summed E-state index contributed by atoms with van der Waals surface area (Å²) in [5.41, 5.74) is -0.158. The standard InChI is InChI=1S/C51H104O9Si6/c1-14-51(39-52-27-15-30-61(2,3)58-64(8,9)33-24-42-18-21-45-48(36-42)55-45,40-53-28-16-31-62(4,5)59-65(10,11)34-25-43-19-22-46-49(37-43)56-46)41-54-29-17-32-63(6,7)60-66(12,13)35-26-44-20-23-47-50(38-44)57-47/h42-50H,14-41H2,1-13H3. The van der Waals surface area contributed by atoms with Crippen molar-refractivity contribution in [1.29, 1.82) is 0 Å². The predicted molar refractivity (Wildman–Crippen MR) is 288 cm³/mol. The summed E-state index contributed by atoms with van der Waals surface area (Å²) in [6, 6.07) is 7.25. The lowest BCUT2D eigenvalue weighted by molar-refractivity contribution is -0.0714. The van der Waals surface area contributed by atoms with E-state index in [0.717, 1.165) is 81.4 Å². The minimum atomic E-state index is -1.80. The Hall–Kier alpha value is 0.941. The highest BCUT2D eigenvalue weighted by Crippen LogP contribution is 2.44. The first-order valence-electron chi connectivity index (χ1n) is 27.7. The molecule has 0 bridgehead atoms. The maximum atomic E-state index is 7.09. The Morgan fingerprint density at radius 2 is 0.652 bits per heavy atom. The molecule has 0 amide bonds. The lowest BCUT2D eigenvalue weighted by Gasteiger charge is -2.36. The fraction of sp³-hybridized carbons (Fsp3) is 1.00. The van der Waals surface area contributed by atoms with E-state index in [2.05, 4.69) is 85.5 Å². The third kappa shape index (κ3) is 20.1. The van der Waals surface area contributed by atoms with E-state index in [4.69, 9.17) is 40.8 Å². The van der Waals surface area contributed by atoms with Gasteiger partial charge in [-0.2, -0.15) is 0 Å². The molecule has 9 unspecified atom stereocenters. The van der Waals surface area contributed by atoms with E-state index in [9.17, 15) is 0 Å². The van der Waals surface area contributed by atoms with E-state index in [0.29, 0.717) is 56.4 Å². The Morgan fingerprint density at radius 3 is 0.909 bits per heavy atom. The van der Waals surface area contributed by atoms with E-state index in [1.54, 1.807) is 0 Å². The topological polar surface area (TPSA) is 93.0 Å². The van der Waals surface area contributed by atoms with Gasteiger partial charge in [-0.05, 0) is 216 Å². The smallest absolute Gasteiger partial charge is 0.173 e. The van der Waals surface area contributed by atoms with Gasteiger partial charge < -0.3 is 40.8 Å². The first kappa shape index (κ1) is 56.2. The van der Waals surface area contributed by atoms with Crippen LogP contribution >= 0.6 is 0 Å². The van der Waals surface area contributed by atoms with E-state index >= 15 is 0 Å². The lowest BCUT2D eigenvalue weighted by Crippen LogP contribution is -2.44. The first-order chi connectivity index (χ1) is 30.9. The zero-order valence-corrected chi connectivity index (χ0v) is 51.2. The van der Waals surface area contributed by atoms with Gasteiger partial charge in [-0.1, -0.05) is 26.2 Å². The normalized spacial score (nSPS) is 30.0. The summed E-state index contributed by atoms with van der Waals surface area (Å²) < 4.78 is 58.6. The van der Waals surface area contributed by atoms with Crippen LogP contribution in [0.15, 0.2) is 0 Å². The third-order valence-electron chi connectivity index (χ3n) is 16.6. The monoisotopic (exact) mass is 1030 g/mol.